The SMILES string of the molecule is C=Cc1ccc(-c2ccc(-c3ccc(-c4ccc5c(c4)C(CCC)(CCC)c4cc(-c6ccc(C)s6)ccc4-5)s3)cc2)cc1. The summed E-state index contributed by atoms with van der Waals surface area (Å²) in [5, 5.41) is 0. The summed E-state index contributed by atoms with van der Waals surface area (Å²) in [5.41, 5.74) is 13.5. The second-order valence-corrected chi connectivity index (χ2v) is 14.5. The van der Waals surface area contributed by atoms with E-state index in [1.54, 1.807) is 0 Å². The van der Waals surface area contributed by atoms with Gasteiger partial charge in [0.15, 0.2) is 0 Å². The zero-order chi connectivity index (χ0) is 30.3. The molecular formula is C42H38S2. The molecule has 2 aromatic heterocycles. The van der Waals surface area contributed by atoms with Crippen LogP contribution in [0.3, 0.4) is 0 Å². The van der Waals surface area contributed by atoms with Crippen LogP contribution in [0.2, 0.25) is 0 Å². The molecule has 2 heteroatoms. The molecule has 0 nitrogen and oxygen atoms in total. The third-order valence-corrected chi connectivity index (χ3v) is 11.5. The first-order valence-corrected chi connectivity index (χ1v) is 17.5. The third kappa shape index (κ3) is 5.01. The van der Waals surface area contributed by atoms with E-state index in [1.165, 1.54) is 95.3 Å². The Kier molecular flexibility index (Phi) is 7.74. The summed E-state index contributed by atoms with van der Waals surface area (Å²) in [7, 11) is 0. The minimum Gasteiger partial charge on any atom is -0.141 e. The van der Waals surface area contributed by atoms with Gasteiger partial charge in [0.2, 0.25) is 0 Å². The summed E-state index contributed by atoms with van der Waals surface area (Å²) in [6.45, 7) is 10.8. The molecular weight excluding hydrogens is 569 g/mol. The second-order valence-electron chi connectivity index (χ2n) is 12.1. The molecule has 0 fully saturated rings. The van der Waals surface area contributed by atoms with E-state index < -0.39 is 0 Å². The Balaban J connectivity index is 1.23. The largest absolute Gasteiger partial charge is 0.141 e. The molecule has 7 rings (SSSR count). The lowest BCUT2D eigenvalue weighted by Crippen LogP contribution is -2.25. The van der Waals surface area contributed by atoms with Crippen molar-refractivity contribution in [3.63, 3.8) is 0 Å². The highest BCUT2D eigenvalue weighted by atomic mass is 32.1. The van der Waals surface area contributed by atoms with Crippen molar-refractivity contribution in [2.75, 3.05) is 0 Å². The van der Waals surface area contributed by atoms with E-state index >= 15 is 0 Å². The van der Waals surface area contributed by atoms with E-state index in [1.807, 2.05) is 28.7 Å². The van der Waals surface area contributed by atoms with Crippen molar-refractivity contribution < 1.29 is 0 Å². The first kappa shape index (κ1) is 28.8. The second kappa shape index (κ2) is 11.8. The Morgan fingerprint density at radius 3 is 1.50 bits per heavy atom. The van der Waals surface area contributed by atoms with Crippen molar-refractivity contribution in [2.45, 2.75) is 51.9 Å². The fourth-order valence-electron chi connectivity index (χ4n) is 7.20. The van der Waals surface area contributed by atoms with Crippen LogP contribution in [0.5, 0.6) is 0 Å². The van der Waals surface area contributed by atoms with E-state index in [4.69, 9.17) is 0 Å². The highest BCUT2D eigenvalue weighted by Crippen LogP contribution is 2.55. The predicted octanol–water partition coefficient (Wildman–Crippen LogP) is 13.3. The van der Waals surface area contributed by atoms with Crippen LogP contribution in [0.1, 0.15) is 61.1 Å². The maximum Gasteiger partial charge on any atom is 0.0349 e. The quantitative estimate of drug-likeness (QED) is 0.154. The molecule has 0 bridgehead atoms. The minimum absolute atomic E-state index is 0.0618. The molecule has 1 aliphatic rings. The maximum absolute atomic E-state index is 3.87. The molecule has 1 aliphatic carbocycles. The summed E-state index contributed by atoms with van der Waals surface area (Å²) in [5.74, 6) is 0. The zero-order valence-electron chi connectivity index (χ0n) is 25.8. The summed E-state index contributed by atoms with van der Waals surface area (Å²) in [6.07, 6.45) is 6.58. The first-order chi connectivity index (χ1) is 21.5. The van der Waals surface area contributed by atoms with E-state index in [0.717, 1.165) is 5.56 Å². The molecule has 0 atom stereocenters. The summed E-state index contributed by atoms with van der Waals surface area (Å²) >= 11 is 3.79. The molecule has 0 aliphatic heterocycles. The lowest BCUT2D eigenvalue weighted by Gasteiger charge is -2.32. The van der Waals surface area contributed by atoms with Crippen LogP contribution in [0, 0.1) is 6.92 Å². The normalized spacial score (nSPS) is 13.1. The fraction of sp³-hybridized carbons (Fsp3) is 0.190. The highest BCUT2D eigenvalue weighted by Gasteiger charge is 2.42. The van der Waals surface area contributed by atoms with Crippen LogP contribution >= 0.6 is 22.7 Å². The molecule has 2 heterocycles. The maximum atomic E-state index is 3.87. The molecule has 0 saturated carbocycles. The molecule has 0 amide bonds. The van der Waals surface area contributed by atoms with Crippen molar-refractivity contribution in [3.05, 3.63) is 137 Å². The lowest BCUT2D eigenvalue weighted by atomic mass is 9.71. The topological polar surface area (TPSA) is 0 Å². The van der Waals surface area contributed by atoms with Crippen LogP contribution in [0.25, 0.3) is 59.7 Å². The molecule has 0 spiro atoms. The fourth-order valence-corrected chi connectivity index (χ4v) is 9.07. The van der Waals surface area contributed by atoms with E-state index in [2.05, 4.69) is 137 Å². The average Bonchev–Trinajstić information content (AvgIpc) is 3.79. The van der Waals surface area contributed by atoms with Gasteiger partial charge in [-0.1, -0.05) is 112 Å². The van der Waals surface area contributed by atoms with Gasteiger partial charge in [-0.25, -0.2) is 0 Å². The van der Waals surface area contributed by atoms with Gasteiger partial charge < -0.3 is 0 Å². The smallest absolute Gasteiger partial charge is 0.0349 e. The van der Waals surface area contributed by atoms with Gasteiger partial charge >= 0.3 is 0 Å². The highest BCUT2D eigenvalue weighted by molar-refractivity contribution is 7.18. The van der Waals surface area contributed by atoms with Crippen LogP contribution < -0.4 is 0 Å². The first-order valence-electron chi connectivity index (χ1n) is 15.8. The van der Waals surface area contributed by atoms with Gasteiger partial charge in [-0.15, -0.1) is 22.7 Å². The molecule has 0 radical (unpaired) electrons. The van der Waals surface area contributed by atoms with Gasteiger partial charge in [-0.05, 0) is 112 Å². The minimum atomic E-state index is 0.0618. The molecule has 0 saturated heterocycles. The molecule has 44 heavy (non-hydrogen) atoms. The summed E-state index contributed by atoms with van der Waals surface area (Å²) in [6, 6.07) is 41.2. The molecule has 218 valence electrons. The van der Waals surface area contributed by atoms with Crippen molar-refractivity contribution in [1.82, 2.24) is 0 Å². The number of hydrogen-bond acceptors (Lipinski definition) is 2. The van der Waals surface area contributed by atoms with E-state index in [-0.39, 0.29) is 5.41 Å². The van der Waals surface area contributed by atoms with Gasteiger partial charge in [-0.3, -0.25) is 0 Å². The van der Waals surface area contributed by atoms with Gasteiger partial charge in [0, 0.05) is 24.9 Å². The number of rotatable bonds is 9. The molecule has 4 aromatic carbocycles. The van der Waals surface area contributed by atoms with Crippen molar-refractivity contribution in [1.29, 1.82) is 0 Å². The van der Waals surface area contributed by atoms with Crippen LogP contribution in [-0.4, -0.2) is 0 Å². The van der Waals surface area contributed by atoms with Crippen LogP contribution in [-0.2, 0) is 5.41 Å². The van der Waals surface area contributed by atoms with Crippen LogP contribution in [0.4, 0.5) is 0 Å². The third-order valence-electron chi connectivity index (χ3n) is 9.28. The summed E-state index contributed by atoms with van der Waals surface area (Å²) in [4.78, 5) is 5.38. The Labute approximate surface area is 270 Å². The Morgan fingerprint density at radius 2 is 1.00 bits per heavy atom. The van der Waals surface area contributed by atoms with E-state index in [0.29, 0.717) is 0 Å². The summed E-state index contributed by atoms with van der Waals surface area (Å²) < 4.78 is 0. The standard InChI is InChI=1S/C42H38S2/c1-5-24-42(25-6-2)37-26-33(40-21-8-28(4)43-40)17-19-35(37)36-20-18-34(27-38(36)42)41-23-22-39(44-41)32-15-13-31(14-16-32)30-11-9-29(7-3)10-12-30/h7-23,26-27H,3,5-6,24-25H2,1-2,4H3. The number of benzene rings is 4. The number of aryl methyl sites for hydroxylation is 1. The number of hydrogen-bond donors (Lipinski definition) is 0. The van der Waals surface area contributed by atoms with Gasteiger partial charge in [-0.2, -0.15) is 0 Å². The molecule has 6 aromatic rings. The van der Waals surface area contributed by atoms with Crippen molar-refractivity contribution >= 4 is 28.7 Å². The Hall–Kier alpha value is -3.98. The predicted molar refractivity (Wildman–Crippen MR) is 195 cm³/mol. The zero-order valence-corrected chi connectivity index (χ0v) is 27.5. The van der Waals surface area contributed by atoms with Crippen LogP contribution in [0.15, 0.2) is 116 Å². The van der Waals surface area contributed by atoms with Gasteiger partial charge in [0.05, 0.1) is 0 Å². The monoisotopic (exact) mass is 606 g/mol. The van der Waals surface area contributed by atoms with E-state index in [9.17, 15) is 0 Å². The Morgan fingerprint density at radius 1 is 0.545 bits per heavy atom. The molecule has 0 N–H and O–H groups in total. The van der Waals surface area contributed by atoms with Gasteiger partial charge in [0.1, 0.15) is 0 Å². The lowest BCUT2D eigenvalue weighted by molar-refractivity contribution is 0.436. The Bertz CT molecular complexity index is 1940. The molecule has 0 unspecified atom stereocenters. The van der Waals surface area contributed by atoms with Crippen molar-refractivity contribution in [3.8, 4) is 53.6 Å². The van der Waals surface area contributed by atoms with Gasteiger partial charge in [0.25, 0.3) is 0 Å². The van der Waals surface area contributed by atoms with Crippen molar-refractivity contribution in [2.24, 2.45) is 0 Å². The average molecular weight is 607 g/mol. The number of fused-ring (bicyclic) bond motifs is 3. The number of thiophene rings is 2.